The Morgan fingerprint density at radius 2 is 1.87 bits per heavy atom. The Bertz CT molecular complexity index is 630. The molecule has 130 valence electrons. The first-order valence-electron chi connectivity index (χ1n) is 8.21. The molecule has 1 aromatic heterocycles. The van der Waals surface area contributed by atoms with Crippen LogP contribution >= 0.6 is 0 Å². The molecule has 0 radical (unpaired) electrons. The summed E-state index contributed by atoms with van der Waals surface area (Å²) >= 11 is 0. The molecule has 1 heterocycles. The first kappa shape index (κ1) is 21.1. The first-order chi connectivity index (χ1) is 11.0. The molecule has 0 aliphatic carbocycles. The van der Waals surface area contributed by atoms with Gasteiger partial charge in [0.25, 0.3) is 0 Å². The van der Waals surface area contributed by atoms with Crippen molar-refractivity contribution in [3.8, 4) is 5.75 Å². The van der Waals surface area contributed by atoms with E-state index in [1.807, 2.05) is 59.9 Å². The summed E-state index contributed by atoms with van der Waals surface area (Å²) in [5, 5.41) is 10.5. The van der Waals surface area contributed by atoms with Crippen molar-refractivity contribution in [2.75, 3.05) is 7.11 Å². The Morgan fingerprint density at radius 3 is 2.35 bits per heavy atom. The van der Waals surface area contributed by atoms with Crippen molar-refractivity contribution in [2.45, 2.75) is 47.1 Å². The van der Waals surface area contributed by atoms with Gasteiger partial charge in [-0.15, -0.1) is 0 Å². The average molecular weight is 320 g/mol. The molecule has 1 aromatic carbocycles. The fourth-order valence-electron chi connectivity index (χ4n) is 2.42. The molecule has 0 fully saturated rings. The lowest BCUT2D eigenvalue weighted by molar-refractivity contribution is 0.368. The van der Waals surface area contributed by atoms with Crippen LogP contribution in [0.3, 0.4) is 0 Å². The number of nitrogens with zero attached hydrogens (tertiary/aromatic N) is 1. The minimum absolute atomic E-state index is 0.00583. The van der Waals surface area contributed by atoms with E-state index in [0.717, 1.165) is 27.9 Å². The Morgan fingerprint density at radius 1 is 1.30 bits per heavy atom. The van der Waals surface area contributed by atoms with Gasteiger partial charge in [-0.05, 0) is 31.0 Å². The zero-order valence-electron chi connectivity index (χ0n) is 15.6. The van der Waals surface area contributed by atoms with Gasteiger partial charge in [0, 0.05) is 18.1 Å². The zero-order valence-corrected chi connectivity index (χ0v) is 15.6. The Labute approximate surface area is 140 Å². The molecule has 1 unspecified atom stereocenters. The monoisotopic (exact) mass is 320 g/mol. The van der Waals surface area contributed by atoms with Crippen LogP contribution in [-0.4, -0.2) is 22.8 Å². The Kier molecular flexibility index (Phi) is 9.11. The Hall–Kier alpha value is -1.94. The molecule has 0 bridgehead atoms. The number of aryl methyl sites for hydroxylation is 1. The third-order valence-electron chi connectivity index (χ3n) is 3.68. The van der Waals surface area contributed by atoms with Gasteiger partial charge in [0.15, 0.2) is 0 Å². The molecule has 2 aromatic rings. The molecule has 4 heteroatoms. The largest absolute Gasteiger partial charge is 0.511 e. The standard InChI is InChI=1S/C15H20N2O2.2C2H6/c1-9-11(8-12(16)10(2)18)15-13(17(9)3)6-5-7-14(15)19-4;2*1-2/h5-7,12,18H,2,8,16H2,1,3-4H3;2*1-2H3. The summed E-state index contributed by atoms with van der Waals surface area (Å²) < 4.78 is 7.55. The van der Waals surface area contributed by atoms with Crippen LogP contribution < -0.4 is 10.5 Å². The summed E-state index contributed by atoms with van der Waals surface area (Å²) in [7, 11) is 3.67. The van der Waals surface area contributed by atoms with Gasteiger partial charge in [0.1, 0.15) is 11.5 Å². The molecular formula is C19H32N2O2. The van der Waals surface area contributed by atoms with Crippen molar-refractivity contribution in [3.05, 3.63) is 41.8 Å². The number of hydrogen-bond acceptors (Lipinski definition) is 3. The van der Waals surface area contributed by atoms with E-state index in [1.165, 1.54) is 0 Å². The maximum atomic E-state index is 9.42. The average Bonchev–Trinajstić information content (AvgIpc) is 2.83. The van der Waals surface area contributed by atoms with Crippen molar-refractivity contribution in [2.24, 2.45) is 12.8 Å². The third-order valence-corrected chi connectivity index (χ3v) is 3.68. The first-order valence-corrected chi connectivity index (χ1v) is 8.21. The van der Waals surface area contributed by atoms with Gasteiger partial charge in [-0.2, -0.15) is 0 Å². The molecule has 2 rings (SSSR count). The highest BCUT2D eigenvalue weighted by Gasteiger charge is 2.18. The van der Waals surface area contributed by atoms with E-state index in [-0.39, 0.29) is 5.76 Å². The van der Waals surface area contributed by atoms with Gasteiger partial charge in [-0.3, -0.25) is 0 Å². The van der Waals surface area contributed by atoms with Gasteiger partial charge in [0.05, 0.1) is 18.7 Å². The highest BCUT2D eigenvalue weighted by Crippen LogP contribution is 2.33. The van der Waals surface area contributed by atoms with Crippen LogP contribution in [0.2, 0.25) is 0 Å². The number of rotatable bonds is 4. The number of aromatic nitrogens is 1. The highest BCUT2D eigenvalue weighted by atomic mass is 16.5. The summed E-state index contributed by atoms with van der Waals surface area (Å²) in [6.07, 6.45) is 0.541. The lowest BCUT2D eigenvalue weighted by atomic mass is 10.0. The minimum Gasteiger partial charge on any atom is -0.511 e. The van der Waals surface area contributed by atoms with Crippen LogP contribution in [0.15, 0.2) is 30.5 Å². The zero-order chi connectivity index (χ0) is 18.2. The molecule has 0 aliphatic heterocycles. The molecule has 0 aliphatic rings. The molecule has 4 nitrogen and oxygen atoms in total. The second kappa shape index (κ2) is 9.95. The van der Waals surface area contributed by atoms with E-state index in [9.17, 15) is 5.11 Å². The van der Waals surface area contributed by atoms with Crippen LogP contribution in [0.4, 0.5) is 0 Å². The molecule has 0 saturated heterocycles. The third kappa shape index (κ3) is 4.52. The summed E-state index contributed by atoms with van der Waals surface area (Å²) in [5.74, 6) is 0.832. The number of methoxy groups -OCH3 is 1. The summed E-state index contributed by atoms with van der Waals surface area (Å²) in [5.41, 5.74) is 9.23. The number of ether oxygens (including phenoxy) is 1. The maximum Gasteiger partial charge on any atom is 0.128 e. The normalized spacial score (nSPS) is 11.0. The Balaban J connectivity index is 0.00000112. The van der Waals surface area contributed by atoms with E-state index in [1.54, 1.807) is 7.11 Å². The van der Waals surface area contributed by atoms with Crippen molar-refractivity contribution in [1.29, 1.82) is 0 Å². The van der Waals surface area contributed by atoms with Crippen molar-refractivity contribution in [3.63, 3.8) is 0 Å². The van der Waals surface area contributed by atoms with Crippen LogP contribution in [-0.2, 0) is 13.5 Å². The molecule has 1 atom stereocenters. The van der Waals surface area contributed by atoms with E-state index in [0.29, 0.717) is 6.42 Å². The van der Waals surface area contributed by atoms with E-state index >= 15 is 0 Å². The number of nitrogens with two attached hydrogens (primary N) is 1. The van der Waals surface area contributed by atoms with Crippen LogP contribution in [0.1, 0.15) is 39.0 Å². The van der Waals surface area contributed by atoms with E-state index in [2.05, 4.69) is 11.1 Å². The van der Waals surface area contributed by atoms with Crippen LogP contribution in [0.5, 0.6) is 5.75 Å². The predicted molar refractivity (Wildman–Crippen MR) is 100 cm³/mol. The molecule has 0 amide bonds. The fraction of sp³-hybridized carbons (Fsp3) is 0.474. The molecule has 23 heavy (non-hydrogen) atoms. The number of hydrogen-bond donors (Lipinski definition) is 2. The SMILES string of the molecule is C=C(O)C(N)Cc1c(C)n(C)c2cccc(OC)c12.CC.CC. The molecule has 0 saturated carbocycles. The number of benzene rings is 1. The van der Waals surface area contributed by atoms with Crippen LogP contribution in [0, 0.1) is 6.92 Å². The topological polar surface area (TPSA) is 60.4 Å². The van der Waals surface area contributed by atoms with Gasteiger partial charge >= 0.3 is 0 Å². The summed E-state index contributed by atoms with van der Waals surface area (Å²) in [4.78, 5) is 0. The molecular weight excluding hydrogens is 288 g/mol. The number of aliphatic hydroxyl groups is 1. The quantitative estimate of drug-likeness (QED) is 0.816. The van der Waals surface area contributed by atoms with Gasteiger partial charge in [-0.1, -0.05) is 40.3 Å². The number of aliphatic hydroxyl groups excluding tert-OH is 1. The van der Waals surface area contributed by atoms with Gasteiger partial charge in [-0.25, -0.2) is 0 Å². The summed E-state index contributed by atoms with van der Waals surface area (Å²) in [6.45, 7) is 13.5. The minimum atomic E-state index is -0.464. The van der Waals surface area contributed by atoms with E-state index in [4.69, 9.17) is 10.5 Å². The van der Waals surface area contributed by atoms with Gasteiger partial charge in [0.2, 0.25) is 0 Å². The molecule has 0 spiro atoms. The summed E-state index contributed by atoms with van der Waals surface area (Å²) in [6, 6.07) is 5.49. The predicted octanol–water partition coefficient (Wildman–Crippen LogP) is 4.49. The van der Waals surface area contributed by atoms with Crippen molar-refractivity contribution >= 4 is 10.9 Å². The van der Waals surface area contributed by atoms with Crippen molar-refractivity contribution < 1.29 is 9.84 Å². The fourth-order valence-corrected chi connectivity index (χ4v) is 2.42. The maximum absolute atomic E-state index is 9.42. The molecule has 3 N–H and O–H groups in total. The second-order valence-corrected chi connectivity index (χ2v) is 4.78. The second-order valence-electron chi connectivity index (χ2n) is 4.78. The highest BCUT2D eigenvalue weighted by molar-refractivity contribution is 5.91. The van der Waals surface area contributed by atoms with Crippen LogP contribution in [0.25, 0.3) is 10.9 Å². The van der Waals surface area contributed by atoms with Crippen molar-refractivity contribution in [1.82, 2.24) is 4.57 Å². The smallest absolute Gasteiger partial charge is 0.128 e. The lowest BCUT2D eigenvalue weighted by Crippen LogP contribution is -2.25. The lowest BCUT2D eigenvalue weighted by Gasteiger charge is -2.11. The van der Waals surface area contributed by atoms with Gasteiger partial charge < -0.3 is 20.1 Å². The number of fused-ring (bicyclic) bond motifs is 1. The van der Waals surface area contributed by atoms with E-state index < -0.39 is 6.04 Å².